The van der Waals surface area contributed by atoms with Gasteiger partial charge >= 0.3 is 0 Å². The number of amides is 1. The maximum Gasteiger partial charge on any atom is 0.226 e. The third-order valence-corrected chi connectivity index (χ3v) is 4.01. The van der Waals surface area contributed by atoms with Gasteiger partial charge in [0, 0.05) is 56.3 Å². The van der Waals surface area contributed by atoms with Crippen molar-refractivity contribution < 1.29 is 19.0 Å². The molecule has 2 aromatic rings. The highest BCUT2D eigenvalue weighted by Crippen LogP contribution is 2.39. The van der Waals surface area contributed by atoms with Crippen LogP contribution in [0.25, 0.3) is 0 Å². The van der Waals surface area contributed by atoms with E-state index in [1.807, 2.05) is 43.3 Å². The number of nitrogens with one attached hydrogen (secondary N) is 2. The minimum atomic E-state index is -0.0625. The lowest BCUT2D eigenvalue weighted by atomic mass is 10.2. The van der Waals surface area contributed by atoms with Gasteiger partial charge in [0.2, 0.25) is 11.7 Å². The van der Waals surface area contributed by atoms with Crippen LogP contribution in [-0.2, 0) is 4.79 Å². The normalized spacial score (nSPS) is 10.1. The average molecular weight is 373 g/mol. The second-order valence-electron chi connectivity index (χ2n) is 6.08. The van der Waals surface area contributed by atoms with E-state index in [4.69, 9.17) is 14.2 Å². The molecular weight excluding hydrogens is 346 g/mol. The molecule has 2 N–H and O–H groups in total. The number of rotatable bonds is 9. The Balaban J connectivity index is 1.91. The van der Waals surface area contributed by atoms with E-state index >= 15 is 0 Å². The van der Waals surface area contributed by atoms with Crippen LogP contribution in [0.15, 0.2) is 36.4 Å². The fraction of sp³-hybridized carbons (Fsp3) is 0.350. The largest absolute Gasteiger partial charge is 0.493 e. The van der Waals surface area contributed by atoms with Crippen LogP contribution >= 0.6 is 0 Å². The number of methoxy groups -OCH3 is 3. The Kier molecular flexibility index (Phi) is 7.16. The summed E-state index contributed by atoms with van der Waals surface area (Å²) in [5, 5.41) is 6.09. The van der Waals surface area contributed by atoms with E-state index in [1.54, 1.807) is 33.5 Å². The quantitative estimate of drug-likeness (QED) is 0.703. The molecule has 0 aliphatic rings. The number of carbonyl (C=O) groups excluding carboxylic acids is 1. The van der Waals surface area contributed by atoms with Crippen molar-refractivity contribution in [3.8, 4) is 17.2 Å². The van der Waals surface area contributed by atoms with Crippen LogP contribution in [0.4, 0.5) is 17.1 Å². The molecule has 0 unspecified atom stereocenters. The Labute approximate surface area is 160 Å². The predicted molar refractivity (Wildman–Crippen MR) is 109 cm³/mol. The summed E-state index contributed by atoms with van der Waals surface area (Å²) in [5.41, 5.74) is 2.64. The molecular formula is C20H27N3O4. The molecule has 7 nitrogen and oxygen atoms in total. The number of hydrogen-bond donors (Lipinski definition) is 2. The van der Waals surface area contributed by atoms with Gasteiger partial charge in [-0.2, -0.15) is 0 Å². The maximum atomic E-state index is 12.1. The maximum absolute atomic E-state index is 12.1. The van der Waals surface area contributed by atoms with Crippen LogP contribution in [-0.4, -0.2) is 47.9 Å². The van der Waals surface area contributed by atoms with Crippen molar-refractivity contribution in [2.45, 2.75) is 6.42 Å². The fourth-order valence-corrected chi connectivity index (χ4v) is 2.57. The van der Waals surface area contributed by atoms with Crippen LogP contribution in [0.5, 0.6) is 17.2 Å². The summed E-state index contributed by atoms with van der Waals surface area (Å²) in [7, 11) is 8.64. The first-order valence-electron chi connectivity index (χ1n) is 8.59. The summed E-state index contributed by atoms with van der Waals surface area (Å²) in [5.74, 6) is 1.59. The standard InChI is InChI=1S/C20H27N3O4/c1-23(2)16-8-6-14(7-9-16)22-19(24)10-11-21-15-12-17(25-3)20(27-5)18(13-15)26-4/h6-9,12-13,21H,10-11H2,1-5H3,(H,22,24). The zero-order valence-corrected chi connectivity index (χ0v) is 16.5. The summed E-state index contributed by atoms with van der Waals surface area (Å²) in [6.45, 7) is 0.472. The first-order chi connectivity index (χ1) is 13.0. The molecule has 7 heteroatoms. The average Bonchev–Trinajstić information content (AvgIpc) is 2.67. The van der Waals surface area contributed by atoms with E-state index in [0.29, 0.717) is 30.2 Å². The highest BCUT2D eigenvalue weighted by molar-refractivity contribution is 5.91. The highest BCUT2D eigenvalue weighted by atomic mass is 16.5. The zero-order chi connectivity index (χ0) is 19.8. The minimum absolute atomic E-state index is 0.0625. The number of anilines is 3. The van der Waals surface area contributed by atoms with Crippen LogP contribution < -0.4 is 29.7 Å². The molecule has 0 radical (unpaired) electrons. The summed E-state index contributed by atoms with van der Waals surface area (Å²) in [6.07, 6.45) is 0.325. The van der Waals surface area contributed by atoms with Crippen molar-refractivity contribution in [3.63, 3.8) is 0 Å². The summed E-state index contributed by atoms with van der Waals surface area (Å²) in [4.78, 5) is 14.1. The van der Waals surface area contributed by atoms with Gasteiger partial charge in [0.05, 0.1) is 21.3 Å². The Bertz CT molecular complexity index is 735. The highest BCUT2D eigenvalue weighted by Gasteiger charge is 2.13. The van der Waals surface area contributed by atoms with E-state index in [0.717, 1.165) is 17.1 Å². The van der Waals surface area contributed by atoms with Crippen LogP contribution in [0.1, 0.15) is 6.42 Å². The molecule has 0 saturated heterocycles. The Morgan fingerprint density at radius 3 is 2.00 bits per heavy atom. The second-order valence-corrected chi connectivity index (χ2v) is 6.08. The number of nitrogens with zero attached hydrogens (tertiary/aromatic N) is 1. The molecule has 2 aromatic carbocycles. The first kappa shape index (κ1) is 20.2. The zero-order valence-electron chi connectivity index (χ0n) is 16.5. The van der Waals surface area contributed by atoms with E-state index in [9.17, 15) is 4.79 Å². The molecule has 2 rings (SSSR count). The van der Waals surface area contributed by atoms with Crippen molar-refractivity contribution in [3.05, 3.63) is 36.4 Å². The lowest BCUT2D eigenvalue weighted by Crippen LogP contribution is -2.16. The Morgan fingerprint density at radius 2 is 1.52 bits per heavy atom. The number of carbonyl (C=O) groups is 1. The fourth-order valence-electron chi connectivity index (χ4n) is 2.57. The van der Waals surface area contributed by atoms with E-state index in [1.165, 1.54) is 0 Å². The molecule has 0 fully saturated rings. The molecule has 0 saturated carbocycles. The van der Waals surface area contributed by atoms with Crippen molar-refractivity contribution in [2.75, 3.05) is 57.5 Å². The molecule has 27 heavy (non-hydrogen) atoms. The van der Waals surface area contributed by atoms with Gasteiger partial charge in [-0.25, -0.2) is 0 Å². The molecule has 0 heterocycles. The van der Waals surface area contributed by atoms with E-state index < -0.39 is 0 Å². The molecule has 0 aliphatic carbocycles. The first-order valence-corrected chi connectivity index (χ1v) is 8.59. The smallest absolute Gasteiger partial charge is 0.226 e. The van der Waals surface area contributed by atoms with Crippen LogP contribution in [0, 0.1) is 0 Å². The SMILES string of the molecule is COc1cc(NCCC(=O)Nc2ccc(N(C)C)cc2)cc(OC)c1OC. The second kappa shape index (κ2) is 9.56. The van der Waals surface area contributed by atoms with Crippen LogP contribution in [0.2, 0.25) is 0 Å². The monoisotopic (exact) mass is 373 g/mol. The molecule has 0 aromatic heterocycles. The predicted octanol–water partition coefficient (Wildman–Crippen LogP) is 3.22. The number of hydrogen-bond acceptors (Lipinski definition) is 6. The van der Waals surface area contributed by atoms with E-state index in [2.05, 4.69) is 10.6 Å². The molecule has 1 amide bonds. The van der Waals surface area contributed by atoms with E-state index in [-0.39, 0.29) is 5.91 Å². The van der Waals surface area contributed by atoms with Gasteiger partial charge in [-0.15, -0.1) is 0 Å². The number of ether oxygens (including phenoxy) is 3. The van der Waals surface area contributed by atoms with Gasteiger partial charge in [-0.3, -0.25) is 4.79 Å². The molecule has 146 valence electrons. The van der Waals surface area contributed by atoms with Crippen LogP contribution in [0.3, 0.4) is 0 Å². The molecule has 0 aliphatic heterocycles. The Morgan fingerprint density at radius 1 is 0.926 bits per heavy atom. The topological polar surface area (TPSA) is 72.1 Å². The summed E-state index contributed by atoms with van der Waals surface area (Å²) >= 11 is 0. The minimum Gasteiger partial charge on any atom is -0.493 e. The van der Waals surface area contributed by atoms with Gasteiger partial charge in [0.25, 0.3) is 0 Å². The summed E-state index contributed by atoms with van der Waals surface area (Å²) < 4.78 is 15.9. The van der Waals surface area contributed by atoms with Crippen molar-refractivity contribution in [2.24, 2.45) is 0 Å². The van der Waals surface area contributed by atoms with Gasteiger partial charge in [-0.05, 0) is 24.3 Å². The lowest BCUT2D eigenvalue weighted by Gasteiger charge is -2.15. The van der Waals surface area contributed by atoms with Gasteiger partial charge in [-0.1, -0.05) is 0 Å². The third kappa shape index (κ3) is 5.44. The van der Waals surface area contributed by atoms with Gasteiger partial charge < -0.3 is 29.7 Å². The summed E-state index contributed by atoms with van der Waals surface area (Å²) in [6, 6.07) is 11.3. The third-order valence-electron chi connectivity index (χ3n) is 4.01. The number of benzene rings is 2. The molecule has 0 atom stereocenters. The molecule has 0 spiro atoms. The molecule has 0 bridgehead atoms. The Hall–Kier alpha value is -3.09. The van der Waals surface area contributed by atoms with Crippen molar-refractivity contribution in [1.29, 1.82) is 0 Å². The van der Waals surface area contributed by atoms with Crippen molar-refractivity contribution >= 4 is 23.0 Å². The van der Waals surface area contributed by atoms with Gasteiger partial charge in [0.1, 0.15) is 0 Å². The van der Waals surface area contributed by atoms with Gasteiger partial charge in [0.15, 0.2) is 11.5 Å². The lowest BCUT2D eigenvalue weighted by molar-refractivity contribution is -0.115. The van der Waals surface area contributed by atoms with Crippen molar-refractivity contribution in [1.82, 2.24) is 0 Å².